The van der Waals surface area contributed by atoms with Crippen LogP contribution in [0.15, 0.2) is 4.99 Å². The highest BCUT2D eigenvalue weighted by atomic mass is 127. The fourth-order valence-corrected chi connectivity index (χ4v) is 3.67. The van der Waals surface area contributed by atoms with E-state index in [1.54, 1.807) is 7.11 Å². The highest BCUT2D eigenvalue weighted by Gasteiger charge is 2.19. The highest BCUT2D eigenvalue weighted by molar-refractivity contribution is 14.0. The summed E-state index contributed by atoms with van der Waals surface area (Å²) in [6.07, 6.45) is 6.66. The molecule has 0 bridgehead atoms. The first-order valence-corrected chi connectivity index (χ1v) is 11.6. The summed E-state index contributed by atoms with van der Waals surface area (Å²) in [7, 11) is 3.75. The number of ether oxygens (including phenoxy) is 1. The molecule has 10 heteroatoms. The SMILES string of the molecule is COCCCN1CCC(NC(=NCc2nnc(C)n2C)NCCCSC)CC1.I. The highest BCUT2D eigenvalue weighted by Crippen LogP contribution is 2.11. The number of aromatic nitrogens is 3. The third-order valence-corrected chi connectivity index (χ3v) is 5.83. The van der Waals surface area contributed by atoms with Crippen molar-refractivity contribution in [2.45, 2.75) is 45.2 Å². The summed E-state index contributed by atoms with van der Waals surface area (Å²) in [6.45, 7) is 7.65. The molecule has 0 saturated carbocycles. The number of aryl methyl sites for hydroxylation is 1. The number of aliphatic imine (C=N–C) groups is 1. The van der Waals surface area contributed by atoms with Crippen LogP contribution in [0.25, 0.3) is 0 Å². The number of hydrogen-bond donors (Lipinski definition) is 2. The van der Waals surface area contributed by atoms with Crippen molar-refractivity contribution in [1.82, 2.24) is 30.3 Å². The van der Waals surface area contributed by atoms with E-state index in [-0.39, 0.29) is 24.0 Å². The Morgan fingerprint density at radius 2 is 2.03 bits per heavy atom. The number of halogens is 1. The summed E-state index contributed by atoms with van der Waals surface area (Å²) in [5.41, 5.74) is 0. The Balaban J connectivity index is 0.00000420. The number of likely N-dealkylation sites (tertiary alicyclic amines) is 1. The number of nitrogens with one attached hydrogen (secondary N) is 2. The van der Waals surface area contributed by atoms with E-state index in [9.17, 15) is 0 Å². The minimum Gasteiger partial charge on any atom is -0.385 e. The lowest BCUT2D eigenvalue weighted by atomic mass is 10.1. The van der Waals surface area contributed by atoms with E-state index in [1.165, 1.54) is 0 Å². The van der Waals surface area contributed by atoms with Crippen molar-refractivity contribution in [2.24, 2.45) is 12.0 Å². The predicted molar refractivity (Wildman–Crippen MR) is 132 cm³/mol. The van der Waals surface area contributed by atoms with Gasteiger partial charge in [0.2, 0.25) is 0 Å². The minimum atomic E-state index is 0. The summed E-state index contributed by atoms with van der Waals surface area (Å²) in [5.74, 6) is 3.84. The molecule has 2 heterocycles. The molecule has 168 valence electrons. The third-order valence-electron chi connectivity index (χ3n) is 5.13. The van der Waals surface area contributed by atoms with Crippen LogP contribution in [0.5, 0.6) is 0 Å². The third kappa shape index (κ3) is 9.84. The molecule has 1 aromatic heterocycles. The van der Waals surface area contributed by atoms with E-state index in [0.717, 1.165) is 81.8 Å². The van der Waals surface area contributed by atoms with E-state index in [0.29, 0.717) is 12.6 Å². The van der Waals surface area contributed by atoms with E-state index < -0.39 is 0 Å². The van der Waals surface area contributed by atoms with Crippen molar-refractivity contribution < 1.29 is 4.74 Å². The minimum absolute atomic E-state index is 0. The average Bonchev–Trinajstić information content (AvgIpc) is 3.02. The van der Waals surface area contributed by atoms with Crippen molar-refractivity contribution in [2.75, 3.05) is 51.9 Å². The van der Waals surface area contributed by atoms with Gasteiger partial charge in [-0.1, -0.05) is 0 Å². The number of guanidine groups is 1. The number of hydrogen-bond acceptors (Lipinski definition) is 6. The molecule has 0 amide bonds. The van der Waals surface area contributed by atoms with Crippen LogP contribution < -0.4 is 10.6 Å². The number of piperidine rings is 1. The van der Waals surface area contributed by atoms with Gasteiger partial charge in [-0.3, -0.25) is 0 Å². The van der Waals surface area contributed by atoms with E-state index in [1.807, 2.05) is 30.3 Å². The van der Waals surface area contributed by atoms with Gasteiger partial charge in [0, 0.05) is 53.0 Å². The second-order valence-corrected chi connectivity index (χ2v) is 8.25. The zero-order valence-corrected chi connectivity index (χ0v) is 21.5. The summed E-state index contributed by atoms with van der Waals surface area (Å²) in [6, 6.07) is 0.465. The molecule has 2 N–H and O–H groups in total. The first-order chi connectivity index (χ1) is 13.6. The van der Waals surface area contributed by atoms with Crippen LogP contribution in [0.1, 0.15) is 37.3 Å². The predicted octanol–water partition coefficient (Wildman–Crippen LogP) is 2.03. The van der Waals surface area contributed by atoms with Crippen LogP contribution in [0.2, 0.25) is 0 Å². The molecule has 0 aliphatic carbocycles. The van der Waals surface area contributed by atoms with Gasteiger partial charge in [-0.05, 0) is 44.6 Å². The van der Waals surface area contributed by atoms with Gasteiger partial charge in [0.1, 0.15) is 12.4 Å². The molecular weight excluding hydrogens is 501 g/mol. The number of rotatable bonds is 11. The summed E-state index contributed by atoms with van der Waals surface area (Å²) < 4.78 is 7.15. The van der Waals surface area contributed by atoms with Crippen molar-refractivity contribution >= 4 is 41.7 Å². The van der Waals surface area contributed by atoms with Gasteiger partial charge in [-0.25, -0.2) is 4.99 Å². The molecule has 1 aliphatic heterocycles. The van der Waals surface area contributed by atoms with Crippen molar-refractivity contribution in [1.29, 1.82) is 0 Å². The monoisotopic (exact) mass is 539 g/mol. The molecule has 1 aromatic rings. The maximum Gasteiger partial charge on any atom is 0.191 e. The molecule has 0 aromatic carbocycles. The summed E-state index contributed by atoms with van der Waals surface area (Å²) in [5, 5.41) is 15.5. The van der Waals surface area contributed by atoms with E-state index in [2.05, 4.69) is 32.0 Å². The Hall–Kier alpha value is -0.590. The fraction of sp³-hybridized carbons (Fsp3) is 0.842. The quantitative estimate of drug-likeness (QED) is 0.193. The van der Waals surface area contributed by atoms with Gasteiger partial charge in [-0.15, -0.1) is 34.2 Å². The lowest BCUT2D eigenvalue weighted by Gasteiger charge is -2.33. The number of thioether (sulfide) groups is 1. The smallest absolute Gasteiger partial charge is 0.191 e. The standard InChI is InChI=1S/C19H37N7OS.HI/c1-16-23-24-18(25(16)2)15-21-19(20-9-5-14-28-4)22-17-7-11-26(12-8-17)10-6-13-27-3;/h17H,5-15H2,1-4H3,(H2,20,21,22);1H. The van der Waals surface area contributed by atoms with Gasteiger partial charge < -0.3 is 24.8 Å². The molecule has 0 radical (unpaired) electrons. The Kier molecular flexibility index (Phi) is 13.9. The van der Waals surface area contributed by atoms with Gasteiger partial charge in [-0.2, -0.15) is 11.8 Å². The molecule has 1 aliphatic rings. The molecule has 0 spiro atoms. The maximum atomic E-state index is 5.16. The van der Waals surface area contributed by atoms with Crippen LogP contribution in [0.3, 0.4) is 0 Å². The van der Waals surface area contributed by atoms with Gasteiger partial charge in [0.25, 0.3) is 0 Å². The van der Waals surface area contributed by atoms with Crippen LogP contribution in [0.4, 0.5) is 0 Å². The maximum absolute atomic E-state index is 5.16. The Labute approximate surface area is 197 Å². The lowest BCUT2D eigenvalue weighted by molar-refractivity contribution is 0.155. The van der Waals surface area contributed by atoms with Crippen LogP contribution in [0, 0.1) is 6.92 Å². The molecule has 0 atom stereocenters. The molecule has 29 heavy (non-hydrogen) atoms. The normalized spacial score (nSPS) is 15.9. The first kappa shape index (κ1) is 26.4. The average molecular weight is 540 g/mol. The van der Waals surface area contributed by atoms with Gasteiger partial charge in [0.05, 0.1) is 0 Å². The Morgan fingerprint density at radius 1 is 1.28 bits per heavy atom. The van der Waals surface area contributed by atoms with Crippen LogP contribution in [-0.2, 0) is 18.3 Å². The zero-order valence-electron chi connectivity index (χ0n) is 18.3. The van der Waals surface area contributed by atoms with Crippen molar-refractivity contribution in [3.05, 3.63) is 11.6 Å². The number of nitrogens with zero attached hydrogens (tertiary/aromatic N) is 5. The van der Waals surface area contributed by atoms with E-state index >= 15 is 0 Å². The lowest BCUT2D eigenvalue weighted by Crippen LogP contribution is -2.49. The Bertz CT molecular complexity index is 591. The second kappa shape index (κ2) is 15.2. The van der Waals surface area contributed by atoms with Gasteiger partial charge in [0.15, 0.2) is 11.8 Å². The molecular formula is C19H38IN7OS. The Morgan fingerprint density at radius 3 is 2.66 bits per heavy atom. The fourth-order valence-electron chi connectivity index (χ4n) is 3.24. The topological polar surface area (TPSA) is 79.6 Å². The molecule has 8 nitrogen and oxygen atoms in total. The molecule has 2 rings (SSSR count). The molecule has 1 fully saturated rings. The largest absolute Gasteiger partial charge is 0.385 e. The number of methoxy groups -OCH3 is 1. The molecule has 0 unspecified atom stereocenters. The van der Waals surface area contributed by atoms with Gasteiger partial charge >= 0.3 is 0 Å². The summed E-state index contributed by atoms with van der Waals surface area (Å²) >= 11 is 1.88. The second-order valence-electron chi connectivity index (χ2n) is 7.27. The van der Waals surface area contributed by atoms with Crippen LogP contribution >= 0.6 is 35.7 Å². The van der Waals surface area contributed by atoms with Crippen molar-refractivity contribution in [3.8, 4) is 0 Å². The van der Waals surface area contributed by atoms with E-state index in [4.69, 9.17) is 9.73 Å². The zero-order chi connectivity index (χ0) is 20.2. The van der Waals surface area contributed by atoms with Crippen molar-refractivity contribution in [3.63, 3.8) is 0 Å². The van der Waals surface area contributed by atoms with Crippen LogP contribution in [-0.4, -0.2) is 83.6 Å². The summed E-state index contributed by atoms with van der Waals surface area (Å²) in [4.78, 5) is 7.30. The molecule has 1 saturated heterocycles. The first-order valence-electron chi connectivity index (χ1n) is 10.2.